The smallest absolute Gasteiger partial charge is 0.352 e. The Kier molecular flexibility index (Phi) is 5.19. The van der Waals surface area contributed by atoms with E-state index in [0.717, 1.165) is 0 Å². The van der Waals surface area contributed by atoms with Crippen LogP contribution in [-0.4, -0.2) is 56.6 Å². The van der Waals surface area contributed by atoms with Crippen molar-refractivity contribution in [3.8, 4) is 0 Å². The molecule has 5 N–H and O–H groups in total. The summed E-state index contributed by atoms with van der Waals surface area (Å²) in [4.78, 5) is 46.5. The number of carbonyl (C=O) groups excluding carboxylic acids is 3. The zero-order valence-electron chi connectivity index (χ0n) is 14.4. The first kappa shape index (κ1) is 18.9. The summed E-state index contributed by atoms with van der Waals surface area (Å²) in [7, 11) is 1.70. The van der Waals surface area contributed by atoms with E-state index in [-0.39, 0.29) is 24.2 Å². The van der Waals surface area contributed by atoms with Crippen molar-refractivity contribution in [2.24, 2.45) is 12.8 Å². The minimum absolute atomic E-state index is 0.0448. The Morgan fingerprint density at radius 3 is 2.85 bits per heavy atom. The number of nitrogens with two attached hydrogens (primary N) is 1. The van der Waals surface area contributed by atoms with Crippen LogP contribution in [0.2, 0.25) is 0 Å². The van der Waals surface area contributed by atoms with Gasteiger partial charge in [-0.2, -0.15) is 0 Å². The molecule has 2 atom stereocenters. The number of fused-ring (bicyclic) bond motifs is 1. The van der Waals surface area contributed by atoms with Gasteiger partial charge in [0, 0.05) is 11.3 Å². The van der Waals surface area contributed by atoms with Gasteiger partial charge in [-0.25, -0.2) is 4.79 Å². The summed E-state index contributed by atoms with van der Waals surface area (Å²) in [5.41, 5.74) is 6.91. The highest BCUT2D eigenvalue weighted by Crippen LogP contribution is 2.39. The molecule has 1 saturated heterocycles. The lowest BCUT2D eigenvalue weighted by Crippen LogP contribution is -2.68. The second-order valence-corrected chi connectivity index (χ2v) is 7.18. The largest absolute Gasteiger partial charge is 0.477 e. The number of amides is 3. The van der Waals surface area contributed by atoms with Crippen molar-refractivity contribution < 1.29 is 29.0 Å². The minimum atomic E-state index is -1.18. The summed E-state index contributed by atoms with van der Waals surface area (Å²) >= 11 is 1.42. The molecule has 3 heterocycles. The van der Waals surface area contributed by atoms with Crippen molar-refractivity contribution >= 4 is 42.3 Å². The summed E-state index contributed by atoms with van der Waals surface area (Å²) in [5.74, 6) is -0.696. The fourth-order valence-corrected chi connectivity index (χ4v) is 4.52. The van der Waals surface area contributed by atoms with Crippen molar-refractivity contribution in [3.05, 3.63) is 23.0 Å². The van der Waals surface area contributed by atoms with Gasteiger partial charge in [0.1, 0.15) is 17.1 Å². The standard InChI is InChI=1S/C15H18N6O5S/c1-19-12(18-7-23)8(2-17-6-22)3-20(19)4-9-5-27-14-10(16)13(24)21(14)11(9)15(25)26/h3,6-7,10,14H,2,4-5,16H2,1H3,(H2,17,22,25,26)/p+1/t10-,14-/m1/s1. The van der Waals surface area contributed by atoms with Crippen LogP contribution in [0.25, 0.3) is 0 Å². The molecule has 27 heavy (non-hydrogen) atoms. The summed E-state index contributed by atoms with van der Waals surface area (Å²) in [5, 5.41) is 14.4. The number of nitrogens with zero attached hydrogens (tertiary/aromatic N) is 3. The molecule has 0 unspecified atom stereocenters. The molecule has 3 amide bonds. The van der Waals surface area contributed by atoms with Crippen LogP contribution in [0, 0.1) is 0 Å². The summed E-state index contributed by atoms with van der Waals surface area (Å²) in [6.07, 6.45) is 2.77. The van der Waals surface area contributed by atoms with Crippen LogP contribution in [0.1, 0.15) is 5.56 Å². The number of carboxylic acids is 1. The zero-order chi connectivity index (χ0) is 19.7. The first-order chi connectivity index (χ1) is 12.9. The van der Waals surface area contributed by atoms with Crippen molar-refractivity contribution in [3.63, 3.8) is 0 Å². The van der Waals surface area contributed by atoms with E-state index in [1.165, 1.54) is 16.7 Å². The number of hydrogen-bond acceptors (Lipinski definition) is 6. The number of hydrogen-bond donors (Lipinski definition) is 4. The lowest BCUT2D eigenvalue weighted by molar-refractivity contribution is -0.765. The number of nitrogens with one attached hydrogen (secondary N) is 2. The minimum Gasteiger partial charge on any atom is -0.477 e. The zero-order valence-corrected chi connectivity index (χ0v) is 15.2. The molecule has 1 fully saturated rings. The molecule has 12 heteroatoms. The molecule has 1 aromatic heterocycles. The molecule has 0 bridgehead atoms. The quantitative estimate of drug-likeness (QED) is 0.220. The average Bonchev–Trinajstić information content (AvgIpc) is 2.94. The van der Waals surface area contributed by atoms with Crippen molar-refractivity contribution in [2.75, 3.05) is 11.1 Å². The maximum Gasteiger partial charge on any atom is 0.352 e. The fraction of sp³-hybridized carbons (Fsp3) is 0.400. The molecule has 0 aliphatic carbocycles. The third-order valence-corrected chi connectivity index (χ3v) is 5.89. The van der Waals surface area contributed by atoms with E-state index < -0.39 is 17.9 Å². The van der Waals surface area contributed by atoms with Gasteiger partial charge in [-0.3, -0.25) is 19.3 Å². The maximum atomic E-state index is 12.0. The molecule has 144 valence electrons. The number of β-lactam (4-membered cyclic amide) rings is 1. The molecule has 0 saturated carbocycles. The number of rotatable bonds is 8. The number of carbonyl (C=O) groups is 4. The normalized spacial score (nSPS) is 21.4. The van der Waals surface area contributed by atoms with Crippen molar-refractivity contribution in [2.45, 2.75) is 24.5 Å². The molecule has 0 radical (unpaired) electrons. The summed E-state index contributed by atoms with van der Waals surface area (Å²) in [6, 6.07) is -0.682. The number of anilines is 1. The highest BCUT2D eigenvalue weighted by atomic mass is 32.2. The van der Waals surface area contributed by atoms with E-state index >= 15 is 0 Å². The summed E-state index contributed by atoms with van der Waals surface area (Å²) < 4.78 is 3.35. The fourth-order valence-electron chi connectivity index (χ4n) is 3.24. The lowest BCUT2D eigenvalue weighted by Gasteiger charge is -2.47. The highest BCUT2D eigenvalue weighted by Gasteiger charge is 2.52. The first-order valence-electron chi connectivity index (χ1n) is 8.01. The topological polar surface area (TPSA) is 151 Å². The van der Waals surface area contributed by atoms with Gasteiger partial charge >= 0.3 is 5.97 Å². The Morgan fingerprint density at radius 2 is 2.22 bits per heavy atom. The Labute approximate surface area is 158 Å². The number of carboxylic acid groups (broad SMARTS) is 1. The second kappa shape index (κ2) is 7.40. The Morgan fingerprint density at radius 1 is 1.48 bits per heavy atom. The molecule has 2 aliphatic heterocycles. The average molecular weight is 395 g/mol. The van der Waals surface area contributed by atoms with Crippen LogP contribution in [0.15, 0.2) is 17.5 Å². The Bertz CT molecular complexity index is 850. The monoisotopic (exact) mass is 395 g/mol. The Balaban J connectivity index is 1.95. The highest BCUT2D eigenvalue weighted by molar-refractivity contribution is 8.00. The molecule has 3 rings (SSSR count). The molecule has 0 aromatic carbocycles. The molecule has 0 spiro atoms. The molecule has 11 nitrogen and oxygen atoms in total. The van der Waals surface area contributed by atoms with Crippen LogP contribution in [0.3, 0.4) is 0 Å². The third-order valence-electron chi connectivity index (χ3n) is 4.53. The van der Waals surface area contributed by atoms with Crippen LogP contribution >= 0.6 is 11.8 Å². The van der Waals surface area contributed by atoms with E-state index in [9.17, 15) is 24.3 Å². The van der Waals surface area contributed by atoms with Crippen LogP contribution < -0.4 is 21.0 Å². The number of aliphatic carboxylic acids is 1. The van der Waals surface area contributed by atoms with E-state index in [1.807, 2.05) is 0 Å². The van der Waals surface area contributed by atoms with Gasteiger partial charge in [-0.05, 0) is 0 Å². The molecular formula is C15H19N6O5S+. The lowest BCUT2D eigenvalue weighted by atomic mass is 10.0. The predicted octanol–water partition coefficient (Wildman–Crippen LogP) is -2.29. The molecular weight excluding hydrogens is 376 g/mol. The van der Waals surface area contributed by atoms with E-state index in [1.54, 1.807) is 22.6 Å². The van der Waals surface area contributed by atoms with Gasteiger partial charge < -0.3 is 21.5 Å². The maximum absolute atomic E-state index is 12.0. The van der Waals surface area contributed by atoms with E-state index in [0.29, 0.717) is 35.5 Å². The molecule has 2 aliphatic rings. The number of thioether (sulfide) groups is 1. The second-order valence-electron chi connectivity index (χ2n) is 6.08. The Hall–Kier alpha value is -2.86. The van der Waals surface area contributed by atoms with Gasteiger partial charge in [0.15, 0.2) is 12.4 Å². The van der Waals surface area contributed by atoms with Gasteiger partial charge in [0.05, 0.1) is 19.2 Å². The predicted molar refractivity (Wildman–Crippen MR) is 93.9 cm³/mol. The van der Waals surface area contributed by atoms with Crippen LogP contribution in [0.4, 0.5) is 5.82 Å². The number of aromatic nitrogens is 2. The van der Waals surface area contributed by atoms with Crippen LogP contribution in [-0.2, 0) is 39.3 Å². The van der Waals surface area contributed by atoms with Gasteiger partial charge in [0.2, 0.25) is 24.9 Å². The third kappa shape index (κ3) is 3.17. The first-order valence-corrected chi connectivity index (χ1v) is 9.06. The SMILES string of the molecule is Cn1c(NC=O)c(CNC=O)c[n+]1CC1=C(C(=O)O)N2C(=O)[C@@H](N)[C@H]2SC1. The molecule has 1 aromatic rings. The van der Waals surface area contributed by atoms with Crippen molar-refractivity contribution in [1.82, 2.24) is 14.9 Å². The van der Waals surface area contributed by atoms with Gasteiger partial charge in [-0.1, -0.05) is 0 Å². The summed E-state index contributed by atoms with van der Waals surface area (Å²) in [6.45, 7) is 0.396. The van der Waals surface area contributed by atoms with E-state index in [4.69, 9.17) is 5.73 Å². The van der Waals surface area contributed by atoms with E-state index in [2.05, 4.69) is 10.6 Å². The van der Waals surface area contributed by atoms with Crippen molar-refractivity contribution in [1.29, 1.82) is 0 Å². The van der Waals surface area contributed by atoms with Crippen LogP contribution in [0.5, 0.6) is 0 Å². The van der Waals surface area contributed by atoms with Gasteiger partial charge in [-0.15, -0.1) is 21.1 Å². The van der Waals surface area contributed by atoms with Gasteiger partial charge in [0.25, 0.3) is 0 Å².